The van der Waals surface area contributed by atoms with Crippen molar-refractivity contribution in [3.63, 3.8) is 0 Å². The lowest BCUT2D eigenvalue weighted by atomic mass is 10.1. The summed E-state index contributed by atoms with van der Waals surface area (Å²) in [6, 6.07) is 10.2. The van der Waals surface area contributed by atoms with Crippen molar-refractivity contribution in [1.29, 1.82) is 0 Å². The number of aromatic nitrogens is 2. The number of carbonyl (C=O) groups excluding carboxylic acids is 1. The highest BCUT2D eigenvalue weighted by atomic mass is 35.5. The number of benzene rings is 2. The zero-order valence-electron chi connectivity index (χ0n) is 13.6. The van der Waals surface area contributed by atoms with Crippen LogP contribution in [0.25, 0.3) is 10.9 Å². The molecule has 2 aromatic carbocycles. The van der Waals surface area contributed by atoms with Crippen LogP contribution in [0.15, 0.2) is 47.5 Å². The van der Waals surface area contributed by atoms with Crippen molar-refractivity contribution in [3.05, 3.63) is 68.7 Å². The number of aliphatic hydroxyl groups is 1. The number of carbonyl (C=O) groups is 1. The fourth-order valence-electron chi connectivity index (χ4n) is 2.54. The molecule has 3 aromatic rings. The monoisotopic (exact) mass is 391 g/mol. The Labute approximate surface area is 159 Å². The van der Waals surface area contributed by atoms with Crippen LogP contribution < -0.4 is 10.9 Å². The Bertz CT molecular complexity index is 1030. The van der Waals surface area contributed by atoms with Gasteiger partial charge in [0.05, 0.1) is 27.3 Å². The molecule has 2 N–H and O–H groups in total. The lowest BCUT2D eigenvalue weighted by Gasteiger charge is -2.09. The Kier molecular flexibility index (Phi) is 5.56. The maximum Gasteiger partial charge on any atom is 0.261 e. The highest BCUT2D eigenvalue weighted by Gasteiger charge is 2.07. The van der Waals surface area contributed by atoms with Crippen LogP contribution in [0.3, 0.4) is 0 Å². The molecule has 0 bridgehead atoms. The quantitative estimate of drug-likeness (QED) is 0.700. The van der Waals surface area contributed by atoms with Crippen molar-refractivity contribution in [3.8, 4) is 0 Å². The van der Waals surface area contributed by atoms with Crippen LogP contribution in [0, 0.1) is 0 Å². The standard InChI is InChI=1S/C18H15Cl2N3O3/c19-14-4-1-11(7-15(14)20)5-6-23-10-21-16-8-12(22-17(25)9-24)2-3-13(16)18(23)26/h1-4,7-8,10,24H,5-6,9H2,(H,22,25). The summed E-state index contributed by atoms with van der Waals surface area (Å²) in [6.45, 7) is -0.162. The largest absolute Gasteiger partial charge is 0.387 e. The number of aliphatic hydroxyl groups excluding tert-OH is 1. The minimum atomic E-state index is -0.609. The minimum Gasteiger partial charge on any atom is -0.387 e. The maximum atomic E-state index is 12.6. The normalized spacial score (nSPS) is 10.9. The molecule has 1 heterocycles. The molecule has 0 unspecified atom stereocenters. The number of aryl methyl sites for hydroxylation is 2. The molecule has 0 saturated carbocycles. The Morgan fingerprint density at radius 2 is 1.96 bits per heavy atom. The SMILES string of the molecule is O=C(CO)Nc1ccc2c(=O)n(CCc3ccc(Cl)c(Cl)c3)cnc2c1. The van der Waals surface area contributed by atoms with Crippen LogP contribution in [0.1, 0.15) is 5.56 Å². The van der Waals surface area contributed by atoms with Crippen LogP contribution in [-0.4, -0.2) is 27.2 Å². The molecule has 0 fully saturated rings. The molecule has 0 radical (unpaired) electrons. The first kappa shape index (κ1) is 18.4. The van der Waals surface area contributed by atoms with Gasteiger partial charge in [-0.1, -0.05) is 29.3 Å². The van der Waals surface area contributed by atoms with Crippen molar-refractivity contribution in [1.82, 2.24) is 9.55 Å². The molecule has 134 valence electrons. The smallest absolute Gasteiger partial charge is 0.261 e. The Morgan fingerprint density at radius 3 is 2.69 bits per heavy atom. The summed E-state index contributed by atoms with van der Waals surface area (Å²) in [5.74, 6) is -0.528. The molecular formula is C18H15Cl2N3O3. The van der Waals surface area contributed by atoms with Gasteiger partial charge >= 0.3 is 0 Å². The molecule has 3 rings (SSSR count). The van der Waals surface area contributed by atoms with Gasteiger partial charge in [-0.2, -0.15) is 0 Å². The molecule has 6 nitrogen and oxygen atoms in total. The molecule has 8 heteroatoms. The first-order chi connectivity index (χ1) is 12.5. The first-order valence-corrected chi connectivity index (χ1v) is 8.57. The van der Waals surface area contributed by atoms with Gasteiger partial charge in [0.2, 0.25) is 5.91 Å². The third-order valence-corrected chi connectivity index (χ3v) is 4.62. The van der Waals surface area contributed by atoms with Crippen LogP contribution in [0.4, 0.5) is 5.69 Å². The van der Waals surface area contributed by atoms with Gasteiger partial charge in [0.15, 0.2) is 0 Å². The van der Waals surface area contributed by atoms with E-state index in [4.69, 9.17) is 28.3 Å². The molecule has 0 spiro atoms. The molecule has 0 atom stereocenters. The second-order valence-electron chi connectivity index (χ2n) is 5.68. The third-order valence-electron chi connectivity index (χ3n) is 3.88. The van der Waals surface area contributed by atoms with Gasteiger partial charge in [-0.15, -0.1) is 0 Å². The number of halogens is 2. The summed E-state index contributed by atoms with van der Waals surface area (Å²) in [5, 5.41) is 12.7. The van der Waals surface area contributed by atoms with E-state index in [0.29, 0.717) is 39.6 Å². The van der Waals surface area contributed by atoms with E-state index in [1.165, 1.54) is 10.9 Å². The Morgan fingerprint density at radius 1 is 1.15 bits per heavy atom. The van der Waals surface area contributed by atoms with Crippen LogP contribution in [0.5, 0.6) is 0 Å². The van der Waals surface area contributed by atoms with Crippen molar-refractivity contribution >= 4 is 45.7 Å². The molecule has 26 heavy (non-hydrogen) atoms. The van der Waals surface area contributed by atoms with E-state index in [2.05, 4.69) is 10.3 Å². The zero-order valence-corrected chi connectivity index (χ0v) is 15.1. The summed E-state index contributed by atoms with van der Waals surface area (Å²) in [5.41, 5.74) is 1.73. The molecule has 1 aromatic heterocycles. The number of rotatable bonds is 5. The summed E-state index contributed by atoms with van der Waals surface area (Å²) < 4.78 is 1.52. The fraction of sp³-hybridized carbons (Fsp3) is 0.167. The zero-order chi connectivity index (χ0) is 18.7. The van der Waals surface area contributed by atoms with E-state index in [-0.39, 0.29) is 5.56 Å². The van der Waals surface area contributed by atoms with Gasteiger partial charge in [-0.25, -0.2) is 4.98 Å². The van der Waals surface area contributed by atoms with E-state index >= 15 is 0 Å². The van der Waals surface area contributed by atoms with E-state index in [1.54, 1.807) is 30.3 Å². The lowest BCUT2D eigenvalue weighted by molar-refractivity contribution is -0.118. The van der Waals surface area contributed by atoms with Crippen LogP contribution >= 0.6 is 23.2 Å². The van der Waals surface area contributed by atoms with Gasteiger partial charge in [0.1, 0.15) is 6.61 Å². The Balaban J connectivity index is 1.82. The van der Waals surface area contributed by atoms with Crippen molar-refractivity contribution in [2.45, 2.75) is 13.0 Å². The second-order valence-corrected chi connectivity index (χ2v) is 6.49. The summed E-state index contributed by atoms with van der Waals surface area (Å²) >= 11 is 11.9. The lowest BCUT2D eigenvalue weighted by Crippen LogP contribution is -2.22. The van der Waals surface area contributed by atoms with Gasteiger partial charge in [0.25, 0.3) is 5.56 Å². The number of hydrogen-bond donors (Lipinski definition) is 2. The number of hydrogen-bond acceptors (Lipinski definition) is 4. The average molecular weight is 392 g/mol. The van der Waals surface area contributed by atoms with E-state index in [0.717, 1.165) is 5.56 Å². The van der Waals surface area contributed by atoms with Gasteiger partial charge in [-0.05, 0) is 42.3 Å². The topological polar surface area (TPSA) is 84.2 Å². The average Bonchev–Trinajstić information content (AvgIpc) is 2.64. The minimum absolute atomic E-state index is 0.171. The highest BCUT2D eigenvalue weighted by molar-refractivity contribution is 6.42. The molecule has 0 aliphatic heterocycles. The molecule has 0 aliphatic rings. The molecular weight excluding hydrogens is 377 g/mol. The third kappa shape index (κ3) is 4.04. The van der Waals surface area contributed by atoms with Crippen LogP contribution in [0.2, 0.25) is 10.0 Å². The maximum absolute atomic E-state index is 12.6. The second kappa shape index (κ2) is 7.86. The summed E-state index contributed by atoms with van der Waals surface area (Å²) in [6.07, 6.45) is 2.08. The van der Waals surface area contributed by atoms with Gasteiger partial charge in [0, 0.05) is 12.2 Å². The van der Waals surface area contributed by atoms with Gasteiger partial charge in [-0.3, -0.25) is 14.2 Å². The number of anilines is 1. The number of amides is 1. The molecule has 0 aliphatic carbocycles. The predicted octanol–water partition coefficient (Wildman–Crippen LogP) is 2.88. The Hall–Kier alpha value is -2.41. The van der Waals surface area contributed by atoms with Crippen molar-refractivity contribution in [2.75, 3.05) is 11.9 Å². The number of nitrogens with one attached hydrogen (secondary N) is 1. The van der Waals surface area contributed by atoms with Crippen molar-refractivity contribution in [2.24, 2.45) is 0 Å². The first-order valence-electron chi connectivity index (χ1n) is 7.82. The van der Waals surface area contributed by atoms with E-state index in [9.17, 15) is 9.59 Å². The van der Waals surface area contributed by atoms with Crippen LogP contribution in [-0.2, 0) is 17.8 Å². The predicted molar refractivity (Wildman–Crippen MR) is 102 cm³/mol. The van der Waals surface area contributed by atoms with Crippen molar-refractivity contribution < 1.29 is 9.90 Å². The fourth-order valence-corrected chi connectivity index (χ4v) is 2.86. The number of nitrogens with zero attached hydrogens (tertiary/aromatic N) is 2. The number of fused-ring (bicyclic) bond motifs is 1. The summed E-state index contributed by atoms with van der Waals surface area (Å²) in [7, 11) is 0. The van der Waals surface area contributed by atoms with E-state index in [1.807, 2.05) is 6.07 Å². The molecule has 1 amide bonds. The summed E-state index contributed by atoms with van der Waals surface area (Å²) in [4.78, 5) is 28.1. The van der Waals surface area contributed by atoms with Gasteiger partial charge < -0.3 is 10.4 Å². The highest BCUT2D eigenvalue weighted by Crippen LogP contribution is 2.23. The molecule has 0 saturated heterocycles. The van der Waals surface area contributed by atoms with E-state index < -0.39 is 12.5 Å².